The molecule has 0 bridgehead atoms. The van der Waals surface area contributed by atoms with E-state index in [1.807, 2.05) is 0 Å². The molecule has 0 radical (unpaired) electrons. The number of likely N-dealkylation sites (N-methyl/N-ethyl adjacent to an activating group) is 3. The van der Waals surface area contributed by atoms with Gasteiger partial charge in [0.25, 0.3) is 0 Å². The number of carbonyl (C=O) groups excluding carboxylic acids is 17. The number of H-pyrrole nitrogens is 2. The first kappa shape index (κ1) is 98.1. The van der Waals surface area contributed by atoms with Crippen molar-refractivity contribution in [1.82, 2.24) is 87.6 Å². The minimum absolute atomic E-state index is 0.00830. The van der Waals surface area contributed by atoms with Crippen molar-refractivity contribution in [2.75, 3.05) is 78.6 Å². The Balaban J connectivity index is 1.14. The maximum atomic E-state index is 15.1. The number of primary amides is 2. The van der Waals surface area contributed by atoms with Gasteiger partial charge < -0.3 is 130 Å². The van der Waals surface area contributed by atoms with E-state index in [-0.39, 0.29) is 76.6 Å². The lowest BCUT2D eigenvalue weighted by molar-refractivity contribution is -0.148. The van der Waals surface area contributed by atoms with Crippen LogP contribution in [-0.2, 0) is 101 Å². The molecule has 3 aromatic carbocycles. The number of fused-ring (bicyclic) bond motifs is 4. The Morgan fingerprint density at radius 3 is 1.63 bits per heavy atom. The number of amides is 17. The number of benzene rings is 3. The molecule has 5 heterocycles. The van der Waals surface area contributed by atoms with Crippen molar-refractivity contribution in [2.45, 2.75) is 195 Å². The second-order valence-corrected chi connectivity index (χ2v) is 32.3. The molecule has 0 saturated carbocycles. The number of aromatic amines is 2. The lowest BCUT2D eigenvalue weighted by atomic mass is 10.0. The maximum Gasteiger partial charge on any atom is 0.246 e. The summed E-state index contributed by atoms with van der Waals surface area (Å²) in [6.45, 7) is -0.0771. The third kappa shape index (κ3) is 26.4. The summed E-state index contributed by atoms with van der Waals surface area (Å²) in [5.74, 6) is -18.2. The van der Waals surface area contributed by atoms with Crippen LogP contribution in [0.25, 0.3) is 21.8 Å². The van der Waals surface area contributed by atoms with Gasteiger partial charge in [-0.25, -0.2) is 0 Å². The molecule has 15 atom stereocenters. The Morgan fingerprint density at radius 1 is 0.520 bits per heavy atom. The fourth-order valence-electron chi connectivity index (χ4n) is 15.0. The van der Waals surface area contributed by atoms with E-state index in [4.69, 9.17) is 17.2 Å². The smallest absolute Gasteiger partial charge is 0.246 e. The zero-order chi connectivity index (χ0) is 91.6. The molecule has 3 aliphatic heterocycles. The molecule has 125 heavy (non-hydrogen) atoms. The van der Waals surface area contributed by atoms with Gasteiger partial charge in [-0.05, 0) is 99.9 Å². The summed E-state index contributed by atoms with van der Waals surface area (Å²) in [4.78, 5) is 255. The first-order valence-corrected chi connectivity index (χ1v) is 42.3. The van der Waals surface area contributed by atoms with Gasteiger partial charge in [0, 0.05) is 106 Å². The SMILES string of the molecule is CCCC[C@H]1C(=O)N[C@@H](CC(N)=O)C(=O)N2CCC[C@H]2C(=O)N[C@@H](CO)C(=O)N[C@@H](CCO)C(=O)N2C[C@H](O)CC2C(=O)N[C@@H](Cc2c[nH]c3ccccc23)C(=O)N[C@@H](CO)C(=O)N[C@@H](Cc2c[nH]c3ccccc23)C(=O)N(C)[C@@H](C)C(=O)N(C)[C@@H](C)C(=O)N[C@@H](CCCN)C(=O)NC(C(=O)NCC(N)=O)CSCC(=O)N[C@@H](Cc2ccc(O)cc2)C(=O)N1C. The van der Waals surface area contributed by atoms with Crippen LogP contribution in [0.3, 0.4) is 0 Å². The topological polar surface area (TPSA) is 637 Å². The predicted octanol–water partition coefficient (Wildman–Crippen LogP) is -6.26. The number of aliphatic hydroxyl groups excluding tert-OH is 4. The molecule has 43 heteroatoms. The summed E-state index contributed by atoms with van der Waals surface area (Å²) in [5.41, 5.74) is 19.5. The average Bonchev–Trinajstić information content (AvgIpc) is 1.80. The number of nitrogens with two attached hydrogens (primary N) is 3. The second-order valence-electron chi connectivity index (χ2n) is 31.2. The Morgan fingerprint density at radius 2 is 1.04 bits per heavy atom. The number of unbranched alkanes of at least 4 members (excludes halogenated alkanes) is 1. The first-order valence-electron chi connectivity index (χ1n) is 41.2. The van der Waals surface area contributed by atoms with Gasteiger partial charge in [-0.2, -0.15) is 0 Å². The number of phenolic OH excluding ortho intramolecular Hbond substituents is 1. The van der Waals surface area contributed by atoms with Gasteiger partial charge in [-0.15, -0.1) is 11.8 Å². The van der Waals surface area contributed by atoms with Crippen LogP contribution >= 0.6 is 11.8 Å². The fourth-order valence-corrected chi connectivity index (χ4v) is 15.9. The summed E-state index contributed by atoms with van der Waals surface area (Å²) in [6.07, 6.45) is -0.386. The minimum Gasteiger partial charge on any atom is -0.508 e. The Hall–Kier alpha value is -12.3. The number of para-hydroxylation sites is 2. The molecule has 3 saturated heterocycles. The van der Waals surface area contributed by atoms with Gasteiger partial charge in [-0.1, -0.05) is 68.3 Å². The van der Waals surface area contributed by atoms with Gasteiger partial charge in [0.05, 0.1) is 38.0 Å². The highest BCUT2D eigenvalue weighted by Gasteiger charge is 2.46. The van der Waals surface area contributed by atoms with E-state index in [0.717, 1.165) is 36.3 Å². The quantitative estimate of drug-likeness (QED) is 0.0325. The number of carbonyl (C=O) groups is 17. The Bertz CT molecular complexity index is 4720. The Kier molecular flexibility index (Phi) is 36.4. The highest BCUT2D eigenvalue weighted by atomic mass is 32.2. The molecule has 0 spiro atoms. The third-order valence-corrected chi connectivity index (χ3v) is 23.3. The molecule has 23 N–H and O–H groups in total. The number of phenols is 1. The molecular weight excluding hydrogens is 1650 g/mol. The molecule has 2 unspecified atom stereocenters. The van der Waals surface area contributed by atoms with E-state index in [2.05, 4.69) is 63.1 Å². The summed E-state index contributed by atoms with van der Waals surface area (Å²) >= 11 is 0.763. The molecule has 42 nitrogen and oxygen atoms in total. The zero-order valence-electron chi connectivity index (χ0n) is 70.4. The van der Waals surface area contributed by atoms with Crippen LogP contribution in [-0.4, -0.2) is 330 Å². The zero-order valence-corrected chi connectivity index (χ0v) is 71.2. The van der Waals surface area contributed by atoms with Crippen LogP contribution in [0.4, 0.5) is 0 Å². The van der Waals surface area contributed by atoms with Crippen molar-refractivity contribution in [3.05, 3.63) is 102 Å². The summed E-state index contributed by atoms with van der Waals surface area (Å²) in [6, 6.07) is -3.26. The summed E-state index contributed by atoms with van der Waals surface area (Å²) in [5, 5.41) is 79.9. The number of thioether (sulfide) groups is 1. The van der Waals surface area contributed by atoms with Crippen LogP contribution in [0.2, 0.25) is 0 Å². The number of nitrogens with zero attached hydrogens (tertiary/aromatic N) is 5. The van der Waals surface area contributed by atoms with Crippen LogP contribution in [0.15, 0.2) is 85.2 Å². The van der Waals surface area contributed by atoms with E-state index in [1.165, 1.54) is 59.3 Å². The maximum absolute atomic E-state index is 15.1. The Labute approximate surface area is 723 Å². The van der Waals surface area contributed by atoms with Gasteiger partial charge in [0.15, 0.2) is 0 Å². The minimum atomic E-state index is -1.90. The summed E-state index contributed by atoms with van der Waals surface area (Å²) < 4.78 is 0. The number of nitrogens with one attached hydrogen (secondary N) is 12. The van der Waals surface area contributed by atoms with Crippen LogP contribution in [0.5, 0.6) is 5.75 Å². The average molecular weight is 1760 g/mol. The number of rotatable bonds is 21. The van der Waals surface area contributed by atoms with Crippen molar-refractivity contribution in [3.63, 3.8) is 0 Å². The highest BCUT2D eigenvalue weighted by molar-refractivity contribution is 8.00. The van der Waals surface area contributed by atoms with Crippen molar-refractivity contribution >= 4 is 134 Å². The largest absolute Gasteiger partial charge is 0.508 e. The van der Waals surface area contributed by atoms with Crippen LogP contribution < -0.4 is 70.4 Å². The molecule has 0 aliphatic carbocycles. The monoisotopic (exact) mass is 1760 g/mol. The van der Waals surface area contributed by atoms with E-state index in [0.29, 0.717) is 44.9 Å². The van der Waals surface area contributed by atoms with Crippen LogP contribution in [0.1, 0.15) is 102 Å². The van der Waals surface area contributed by atoms with Crippen molar-refractivity contribution in [1.29, 1.82) is 0 Å². The first-order chi connectivity index (χ1) is 59.5. The standard InChI is InChI=1S/C82H114N20O22S/c1-7-8-20-63-75(117)94-59(34-66(84)108)82(124)101-28-14-21-64(101)76(118)96-61(40-105)73(115)91-55(26-29-103)81(123)102-38-49(107)33-65(102)77(119)92-56(31-46-35-86-52-17-11-9-15-50(46)52)72(114)95-60(39-104)74(116)93-58(32-47-36-87-53-18-12-10-16-51(47)53)79(121)99(5)44(3)78(120)98(4)43(2)69(111)90-54(19-13-27-83)71(113)97-62(70(112)88-37-67(85)109)41-125-42-68(110)89-57(80(122)100(63)6)30-45-22-24-48(106)25-23-45/h9-12,15-18,22-25,35-36,43-44,49,54-65,86-87,103-107H,7-8,13-14,19-21,26-34,37-42,83H2,1-6H3,(H2,84,108)(H2,85,109)(H,88,112)(H,89,110)(H,90,111)(H,91,115)(H,92,119)(H,93,116)(H,94,117)(H,95,114)(H,96,118)(H,97,113)/t43-,44-,49+,54-,55-,56-,57-,58-,59-,60-,61-,62?,63-,64-,65?/m0/s1. The van der Waals surface area contributed by atoms with Gasteiger partial charge in [0.2, 0.25) is 100 Å². The molecule has 3 aliphatic rings. The fraction of sp³-hybridized carbons (Fsp3) is 0.524. The van der Waals surface area contributed by atoms with E-state index in [1.54, 1.807) is 67.8 Å². The molecule has 3 fully saturated rings. The third-order valence-electron chi connectivity index (χ3n) is 22.3. The lowest BCUT2D eigenvalue weighted by Gasteiger charge is -2.34. The highest BCUT2D eigenvalue weighted by Crippen LogP contribution is 2.27. The number of aliphatic hydroxyl groups is 4. The van der Waals surface area contributed by atoms with Crippen molar-refractivity contribution in [2.24, 2.45) is 17.2 Å². The van der Waals surface area contributed by atoms with Gasteiger partial charge in [-0.3, -0.25) is 81.5 Å². The normalized spacial score (nSPS) is 25.8. The lowest BCUT2D eigenvalue weighted by Crippen LogP contribution is -2.61. The molecule has 5 aromatic rings. The van der Waals surface area contributed by atoms with E-state index < -0.39 is 255 Å². The number of aromatic hydroxyl groups is 1. The molecule has 2 aromatic heterocycles. The second kappa shape index (κ2) is 46.4. The molecular formula is C82H114N20O22S. The van der Waals surface area contributed by atoms with Crippen molar-refractivity contribution < 1.29 is 107 Å². The number of hydrogen-bond acceptors (Lipinski definition) is 24. The van der Waals surface area contributed by atoms with Gasteiger partial charge >= 0.3 is 0 Å². The number of aromatic nitrogens is 2. The van der Waals surface area contributed by atoms with Crippen molar-refractivity contribution in [3.8, 4) is 5.75 Å². The number of hydrogen-bond donors (Lipinski definition) is 20. The van der Waals surface area contributed by atoms with Crippen LogP contribution in [0, 0.1) is 0 Å². The molecule has 680 valence electrons. The molecule has 8 rings (SSSR count). The van der Waals surface area contributed by atoms with E-state index >= 15 is 9.59 Å². The molecule has 17 amide bonds. The van der Waals surface area contributed by atoms with E-state index in [9.17, 15) is 97.5 Å². The predicted molar refractivity (Wildman–Crippen MR) is 452 cm³/mol. The van der Waals surface area contributed by atoms with Gasteiger partial charge in [0.1, 0.15) is 90.3 Å². The summed E-state index contributed by atoms with van der Waals surface area (Å²) in [7, 11) is 3.74.